The third-order valence-electron chi connectivity index (χ3n) is 3.58. The summed E-state index contributed by atoms with van der Waals surface area (Å²) in [6.07, 6.45) is 1.67. The molecule has 0 unspecified atom stereocenters. The number of rotatable bonds is 4. The van der Waals surface area contributed by atoms with Gasteiger partial charge in [-0.15, -0.1) is 0 Å². The summed E-state index contributed by atoms with van der Waals surface area (Å²) < 4.78 is 5.12. The van der Waals surface area contributed by atoms with E-state index in [1.165, 1.54) is 0 Å². The van der Waals surface area contributed by atoms with Crippen LogP contribution in [0, 0.1) is 0 Å². The van der Waals surface area contributed by atoms with E-state index in [0.717, 1.165) is 22.6 Å². The molecular weight excluding hydrogens is 405 g/mol. The van der Waals surface area contributed by atoms with Crippen molar-refractivity contribution in [3.63, 3.8) is 0 Å². The summed E-state index contributed by atoms with van der Waals surface area (Å²) in [4.78, 5) is 4.41. The first-order chi connectivity index (χ1) is 12.7. The number of aromatic hydroxyl groups is 1. The zero-order chi connectivity index (χ0) is 18.8. The summed E-state index contributed by atoms with van der Waals surface area (Å²) in [5.74, 6) is 1.02. The third-order valence-corrected chi connectivity index (χ3v) is 3.58. The number of hydrogen-bond donors (Lipinski definition) is 1. The minimum atomic E-state index is -0.556. The first-order valence-corrected chi connectivity index (χ1v) is 12.0. The maximum atomic E-state index is 10.5. The first kappa shape index (κ1) is 20.5. The monoisotopic (exact) mass is 421 g/mol. The standard InChI is InChI=1S/C20H17NO2.2ClH.Ti/c1-23-18-12-10-17(11-13-18)21-14-16-8-5-9-19(20(16)22)15-6-3-2-4-7-15;;;/h2-14,22H,1H3;2*1H;/q;;;+2/p-2. The summed E-state index contributed by atoms with van der Waals surface area (Å²) in [5.41, 5.74) is 3.26. The summed E-state index contributed by atoms with van der Waals surface area (Å²) >= 11 is -0.556. The van der Waals surface area contributed by atoms with Crippen LogP contribution >= 0.6 is 18.6 Å². The van der Waals surface area contributed by atoms with E-state index >= 15 is 0 Å². The van der Waals surface area contributed by atoms with Crippen LogP contribution in [0.3, 0.4) is 0 Å². The number of nitrogens with zero attached hydrogens (tertiary/aromatic N) is 1. The molecule has 132 valence electrons. The van der Waals surface area contributed by atoms with Gasteiger partial charge in [-0.2, -0.15) is 0 Å². The van der Waals surface area contributed by atoms with Crippen molar-refractivity contribution in [2.45, 2.75) is 0 Å². The summed E-state index contributed by atoms with van der Waals surface area (Å²) in [6.45, 7) is 0. The molecule has 0 atom stereocenters. The third kappa shape index (κ3) is 5.89. The molecule has 3 aromatic rings. The van der Waals surface area contributed by atoms with Crippen LogP contribution in [-0.2, 0) is 17.0 Å². The van der Waals surface area contributed by atoms with E-state index in [1.54, 1.807) is 13.3 Å². The molecule has 0 aliphatic heterocycles. The van der Waals surface area contributed by atoms with Crippen molar-refractivity contribution in [3.05, 3.63) is 78.4 Å². The fraction of sp³-hybridized carbons (Fsp3) is 0.0500. The van der Waals surface area contributed by atoms with E-state index in [4.69, 9.17) is 23.3 Å². The molecule has 0 fully saturated rings. The van der Waals surface area contributed by atoms with Crippen LogP contribution in [0.5, 0.6) is 11.5 Å². The van der Waals surface area contributed by atoms with E-state index in [2.05, 4.69) is 4.99 Å². The van der Waals surface area contributed by atoms with Gasteiger partial charge in [-0.05, 0) is 35.9 Å². The van der Waals surface area contributed by atoms with Crippen LogP contribution in [0.2, 0.25) is 0 Å². The van der Waals surface area contributed by atoms with E-state index in [0.29, 0.717) is 5.56 Å². The Hall–Kier alpha value is -1.78. The molecule has 0 saturated heterocycles. The number of para-hydroxylation sites is 1. The van der Waals surface area contributed by atoms with E-state index < -0.39 is 17.0 Å². The fourth-order valence-electron chi connectivity index (χ4n) is 2.33. The quantitative estimate of drug-likeness (QED) is 0.402. The molecule has 3 nitrogen and oxygen atoms in total. The Morgan fingerprint density at radius 1 is 0.923 bits per heavy atom. The number of methoxy groups -OCH3 is 1. The number of halogens is 2. The van der Waals surface area contributed by atoms with E-state index in [1.807, 2.05) is 72.8 Å². The zero-order valence-electron chi connectivity index (χ0n) is 14.1. The molecule has 0 saturated carbocycles. The molecule has 1 N–H and O–H groups in total. The number of ether oxygens (including phenoxy) is 1. The molecule has 0 aromatic heterocycles. The fourth-order valence-corrected chi connectivity index (χ4v) is 2.33. The number of aliphatic imine (C=N–C) groups is 1. The van der Waals surface area contributed by atoms with Gasteiger partial charge < -0.3 is 9.84 Å². The number of phenolic OH excluding ortho intramolecular Hbond substituents is 1. The van der Waals surface area contributed by atoms with Crippen molar-refractivity contribution in [2.75, 3.05) is 7.11 Å². The van der Waals surface area contributed by atoms with Crippen LogP contribution in [0.4, 0.5) is 5.69 Å². The zero-order valence-corrected chi connectivity index (χ0v) is 17.1. The molecule has 26 heavy (non-hydrogen) atoms. The first-order valence-electron chi connectivity index (χ1n) is 7.71. The number of benzene rings is 3. The summed E-state index contributed by atoms with van der Waals surface area (Å²) in [7, 11) is 11.4. The second kappa shape index (κ2) is 11.0. The van der Waals surface area contributed by atoms with Crippen LogP contribution < -0.4 is 4.74 Å². The van der Waals surface area contributed by atoms with Crippen LogP contribution in [-0.4, -0.2) is 18.4 Å². The topological polar surface area (TPSA) is 41.8 Å². The Morgan fingerprint density at radius 3 is 2.19 bits per heavy atom. The summed E-state index contributed by atoms with van der Waals surface area (Å²) in [6, 6.07) is 22.9. The molecule has 3 rings (SSSR count). The van der Waals surface area contributed by atoms with Gasteiger partial charge in [-0.25, -0.2) is 0 Å². The Balaban J connectivity index is 0.000000758. The van der Waals surface area contributed by atoms with Gasteiger partial charge in [0.25, 0.3) is 0 Å². The van der Waals surface area contributed by atoms with Crippen LogP contribution in [0.25, 0.3) is 11.1 Å². The second-order valence-electron chi connectivity index (χ2n) is 5.14. The number of hydrogen-bond acceptors (Lipinski definition) is 3. The minimum absolute atomic E-state index is 0.232. The predicted molar refractivity (Wildman–Crippen MR) is 105 cm³/mol. The molecule has 0 radical (unpaired) electrons. The average molecular weight is 422 g/mol. The van der Waals surface area contributed by atoms with Gasteiger partial charge in [-0.1, -0.05) is 42.5 Å². The van der Waals surface area contributed by atoms with Crippen molar-refractivity contribution >= 4 is 30.5 Å². The van der Waals surface area contributed by atoms with Crippen LogP contribution in [0.15, 0.2) is 77.8 Å². The van der Waals surface area contributed by atoms with Crippen molar-refractivity contribution < 1.29 is 26.9 Å². The molecule has 6 heteroatoms. The maximum absolute atomic E-state index is 10.5. The Bertz CT molecular complexity index is 840. The van der Waals surface area contributed by atoms with Crippen molar-refractivity contribution in [1.82, 2.24) is 0 Å². The van der Waals surface area contributed by atoms with Gasteiger partial charge in [0.15, 0.2) is 0 Å². The van der Waals surface area contributed by atoms with Crippen LogP contribution in [0.1, 0.15) is 5.56 Å². The second-order valence-corrected chi connectivity index (χ2v) is 7.72. The van der Waals surface area contributed by atoms with Crippen molar-refractivity contribution in [2.24, 2.45) is 4.99 Å². The molecule has 0 heterocycles. The van der Waals surface area contributed by atoms with Crippen molar-refractivity contribution in [3.8, 4) is 22.6 Å². The van der Waals surface area contributed by atoms with Crippen molar-refractivity contribution in [1.29, 1.82) is 0 Å². The van der Waals surface area contributed by atoms with E-state index in [9.17, 15) is 5.11 Å². The van der Waals surface area contributed by atoms with Gasteiger partial charge in [0.1, 0.15) is 11.5 Å². The SMILES string of the molecule is COc1ccc(N=Cc2cccc(-c3ccccc3)c2O)cc1.[Cl][Ti][Cl]. The van der Waals surface area contributed by atoms with Gasteiger partial charge in [0.2, 0.25) is 0 Å². The molecule has 0 spiro atoms. The molecule has 0 bridgehead atoms. The normalized spacial score (nSPS) is 10.1. The van der Waals surface area contributed by atoms with Gasteiger partial charge in [0, 0.05) is 17.3 Å². The molecule has 0 aliphatic carbocycles. The molecule has 0 aliphatic rings. The number of phenols is 1. The summed E-state index contributed by atoms with van der Waals surface area (Å²) in [5, 5.41) is 10.5. The molecule has 3 aromatic carbocycles. The van der Waals surface area contributed by atoms with Gasteiger partial charge in [-0.3, -0.25) is 4.99 Å². The molecular formula is C20H17Cl2NO2Ti. The van der Waals surface area contributed by atoms with Gasteiger partial charge >= 0.3 is 35.6 Å². The molecule has 0 amide bonds. The average Bonchev–Trinajstić information content (AvgIpc) is 2.69. The Morgan fingerprint density at radius 2 is 1.58 bits per heavy atom. The predicted octanol–water partition coefficient (Wildman–Crippen LogP) is 6.19. The Kier molecular flexibility index (Phi) is 8.72. The van der Waals surface area contributed by atoms with E-state index in [-0.39, 0.29) is 5.75 Å². The van der Waals surface area contributed by atoms with Gasteiger partial charge in [0.05, 0.1) is 12.8 Å². The Labute approximate surface area is 170 Å².